The molecule has 16 heavy (non-hydrogen) atoms. The van der Waals surface area contributed by atoms with E-state index in [1.54, 1.807) is 0 Å². The molecule has 1 heterocycles. The molecule has 2 aliphatic rings. The summed E-state index contributed by atoms with van der Waals surface area (Å²) in [7, 11) is 0. The van der Waals surface area contributed by atoms with Crippen molar-refractivity contribution in [1.29, 1.82) is 0 Å². The van der Waals surface area contributed by atoms with Gasteiger partial charge in [0.1, 0.15) is 5.60 Å². The van der Waals surface area contributed by atoms with Crippen molar-refractivity contribution in [1.82, 2.24) is 4.90 Å². The highest BCUT2D eigenvalue weighted by Gasteiger charge is 2.48. The number of amides is 1. The molecule has 1 saturated heterocycles. The highest BCUT2D eigenvalue weighted by molar-refractivity contribution is 5.68. The third-order valence-electron chi connectivity index (χ3n) is 3.72. The minimum Gasteiger partial charge on any atom is -0.444 e. The average Bonchev–Trinajstić information content (AvgIpc) is 2.87. The predicted molar refractivity (Wildman–Crippen MR) is 63.3 cm³/mol. The van der Waals surface area contributed by atoms with E-state index in [2.05, 4.69) is 6.92 Å². The summed E-state index contributed by atoms with van der Waals surface area (Å²) in [6.07, 6.45) is 4.86. The standard InChI is InChI=1S/C13H23NO2/c1-10-5-6-13(7-8-13)9-14(10)11(15)16-12(2,3)4/h10H,5-9H2,1-4H3. The van der Waals surface area contributed by atoms with E-state index >= 15 is 0 Å². The molecule has 0 aromatic rings. The molecule has 92 valence electrons. The lowest BCUT2D eigenvalue weighted by Gasteiger charge is -2.39. The summed E-state index contributed by atoms with van der Waals surface area (Å²) in [6.45, 7) is 8.80. The molecule has 1 aliphatic carbocycles. The molecule has 0 N–H and O–H groups in total. The van der Waals surface area contributed by atoms with Crippen LogP contribution in [-0.4, -0.2) is 29.2 Å². The van der Waals surface area contributed by atoms with Crippen molar-refractivity contribution in [2.24, 2.45) is 5.41 Å². The Bertz CT molecular complexity index is 289. The summed E-state index contributed by atoms with van der Waals surface area (Å²) in [5, 5.41) is 0. The van der Waals surface area contributed by atoms with Crippen LogP contribution < -0.4 is 0 Å². The van der Waals surface area contributed by atoms with Gasteiger partial charge in [-0.15, -0.1) is 0 Å². The molecule has 1 spiro atoms. The average molecular weight is 225 g/mol. The van der Waals surface area contributed by atoms with Gasteiger partial charge in [0.05, 0.1) is 0 Å². The van der Waals surface area contributed by atoms with Crippen LogP contribution in [0.5, 0.6) is 0 Å². The fourth-order valence-corrected chi connectivity index (χ4v) is 2.42. The Morgan fingerprint density at radius 1 is 1.31 bits per heavy atom. The second kappa shape index (κ2) is 3.64. The molecule has 1 unspecified atom stereocenters. The molecule has 3 heteroatoms. The summed E-state index contributed by atoms with van der Waals surface area (Å²) < 4.78 is 5.46. The molecule has 1 atom stereocenters. The summed E-state index contributed by atoms with van der Waals surface area (Å²) in [6, 6.07) is 0.334. The van der Waals surface area contributed by atoms with Gasteiger partial charge in [-0.2, -0.15) is 0 Å². The first-order valence-electron chi connectivity index (χ1n) is 6.31. The van der Waals surface area contributed by atoms with Crippen LogP contribution in [-0.2, 0) is 4.74 Å². The summed E-state index contributed by atoms with van der Waals surface area (Å²) in [4.78, 5) is 14.0. The largest absolute Gasteiger partial charge is 0.444 e. The highest BCUT2D eigenvalue weighted by atomic mass is 16.6. The Balaban J connectivity index is 1.98. The number of piperidine rings is 1. The molecule has 0 aromatic carbocycles. The van der Waals surface area contributed by atoms with Gasteiger partial charge in [0.2, 0.25) is 0 Å². The minimum atomic E-state index is -0.384. The Hall–Kier alpha value is -0.730. The van der Waals surface area contributed by atoms with Gasteiger partial charge in [-0.05, 0) is 58.8 Å². The molecule has 2 fully saturated rings. The Morgan fingerprint density at radius 2 is 1.94 bits per heavy atom. The fraction of sp³-hybridized carbons (Fsp3) is 0.923. The molecular weight excluding hydrogens is 202 g/mol. The zero-order chi connectivity index (χ0) is 12.0. The summed E-state index contributed by atoms with van der Waals surface area (Å²) in [5.74, 6) is 0. The summed E-state index contributed by atoms with van der Waals surface area (Å²) >= 11 is 0. The van der Waals surface area contributed by atoms with Gasteiger partial charge < -0.3 is 9.64 Å². The van der Waals surface area contributed by atoms with Crippen molar-refractivity contribution in [3.05, 3.63) is 0 Å². The second-order valence-corrected chi connectivity index (χ2v) is 6.50. The number of likely N-dealkylation sites (tertiary alicyclic amines) is 1. The van der Waals surface area contributed by atoms with E-state index in [1.165, 1.54) is 19.3 Å². The van der Waals surface area contributed by atoms with Crippen molar-refractivity contribution < 1.29 is 9.53 Å². The Labute approximate surface area is 98.1 Å². The van der Waals surface area contributed by atoms with Crippen molar-refractivity contribution in [3.63, 3.8) is 0 Å². The number of carbonyl (C=O) groups is 1. The molecule has 1 aliphatic heterocycles. The van der Waals surface area contributed by atoms with Crippen LogP contribution in [0.4, 0.5) is 4.79 Å². The van der Waals surface area contributed by atoms with Crippen LogP contribution in [0.3, 0.4) is 0 Å². The minimum absolute atomic E-state index is 0.133. The van der Waals surface area contributed by atoms with E-state index in [9.17, 15) is 4.79 Å². The van der Waals surface area contributed by atoms with Gasteiger partial charge in [0.25, 0.3) is 0 Å². The third kappa shape index (κ3) is 2.50. The molecular formula is C13H23NO2. The monoisotopic (exact) mass is 225 g/mol. The van der Waals surface area contributed by atoms with Gasteiger partial charge in [0, 0.05) is 12.6 Å². The maximum atomic E-state index is 12.0. The van der Waals surface area contributed by atoms with Gasteiger partial charge in [-0.3, -0.25) is 0 Å². The lowest BCUT2D eigenvalue weighted by molar-refractivity contribution is 0.00302. The number of nitrogens with zero attached hydrogens (tertiary/aromatic N) is 1. The predicted octanol–water partition coefficient (Wildman–Crippen LogP) is 3.19. The van der Waals surface area contributed by atoms with E-state index in [1.807, 2.05) is 25.7 Å². The van der Waals surface area contributed by atoms with E-state index in [4.69, 9.17) is 4.74 Å². The fourth-order valence-electron chi connectivity index (χ4n) is 2.42. The zero-order valence-electron chi connectivity index (χ0n) is 10.9. The van der Waals surface area contributed by atoms with Crippen molar-refractivity contribution in [2.45, 2.75) is 65.0 Å². The molecule has 0 aromatic heterocycles. The van der Waals surface area contributed by atoms with Crippen LogP contribution in [0.25, 0.3) is 0 Å². The quantitative estimate of drug-likeness (QED) is 0.633. The highest BCUT2D eigenvalue weighted by Crippen LogP contribution is 2.53. The molecule has 0 radical (unpaired) electrons. The first kappa shape index (κ1) is 11.7. The number of rotatable bonds is 0. The van der Waals surface area contributed by atoms with E-state index < -0.39 is 0 Å². The van der Waals surface area contributed by atoms with Gasteiger partial charge in [-0.1, -0.05) is 0 Å². The second-order valence-electron chi connectivity index (χ2n) is 6.50. The summed E-state index contributed by atoms with van der Waals surface area (Å²) in [5.41, 5.74) is 0.0778. The SMILES string of the molecule is CC1CCC2(CC2)CN1C(=O)OC(C)(C)C. The number of hydrogen-bond acceptors (Lipinski definition) is 2. The number of ether oxygens (including phenoxy) is 1. The lowest BCUT2D eigenvalue weighted by Crippen LogP contribution is -2.48. The zero-order valence-corrected chi connectivity index (χ0v) is 10.9. The lowest BCUT2D eigenvalue weighted by atomic mass is 9.91. The molecule has 1 amide bonds. The van der Waals surface area contributed by atoms with Gasteiger partial charge in [0.15, 0.2) is 0 Å². The maximum Gasteiger partial charge on any atom is 0.410 e. The van der Waals surface area contributed by atoms with Gasteiger partial charge >= 0.3 is 6.09 Å². The first-order valence-corrected chi connectivity index (χ1v) is 6.31. The smallest absolute Gasteiger partial charge is 0.410 e. The van der Waals surface area contributed by atoms with E-state index in [-0.39, 0.29) is 11.7 Å². The first-order chi connectivity index (χ1) is 7.31. The Kier molecular flexibility index (Phi) is 2.67. The molecule has 1 saturated carbocycles. The van der Waals surface area contributed by atoms with Crippen LogP contribution in [0.2, 0.25) is 0 Å². The van der Waals surface area contributed by atoms with Crippen molar-refractivity contribution in [2.75, 3.05) is 6.54 Å². The van der Waals surface area contributed by atoms with Crippen LogP contribution in [0.1, 0.15) is 53.4 Å². The molecule has 2 rings (SSSR count). The topological polar surface area (TPSA) is 29.5 Å². The van der Waals surface area contributed by atoms with Crippen LogP contribution in [0.15, 0.2) is 0 Å². The Morgan fingerprint density at radius 3 is 2.44 bits per heavy atom. The number of carbonyl (C=O) groups excluding carboxylic acids is 1. The van der Waals surface area contributed by atoms with Crippen LogP contribution in [0, 0.1) is 5.41 Å². The van der Waals surface area contributed by atoms with E-state index in [0.717, 1.165) is 13.0 Å². The number of hydrogen-bond donors (Lipinski definition) is 0. The maximum absolute atomic E-state index is 12.0. The van der Waals surface area contributed by atoms with Crippen molar-refractivity contribution in [3.8, 4) is 0 Å². The van der Waals surface area contributed by atoms with E-state index in [0.29, 0.717) is 11.5 Å². The molecule has 3 nitrogen and oxygen atoms in total. The third-order valence-corrected chi connectivity index (χ3v) is 3.72. The van der Waals surface area contributed by atoms with Gasteiger partial charge in [-0.25, -0.2) is 4.79 Å². The van der Waals surface area contributed by atoms with Crippen molar-refractivity contribution >= 4 is 6.09 Å². The molecule has 0 bridgehead atoms. The normalized spacial score (nSPS) is 28.0. The van der Waals surface area contributed by atoms with Crippen LogP contribution >= 0.6 is 0 Å².